The fourth-order valence-electron chi connectivity index (χ4n) is 1.90. The number of ether oxygens (including phenoxy) is 1. The molecule has 0 aliphatic rings. The molecule has 0 saturated heterocycles. The molecule has 0 spiro atoms. The van der Waals surface area contributed by atoms with E-state index in [9.17, 15) is 15.0 Å². The summed E-state index contributed by atoms with van der Waals surface area (Å²) in [6.07, 6.45) is 3.30. The van der Waals surface area contributed by atoms with Gasteiger partial charge in [0.25, 0.3) is 0 Å². The lowest BCUT2D eigenvalue weighted by Crippen LogP contribution is -2.11. The van der Waals surface area contributed by atoms with Crippen molar-refractivity contribution >= 4 is 34.1 Å². The second-order valence-electron chi connectivity index (χ2n) is 5.27. The maximum Gasteiger partial charge on any atom is 0.338 e. The molecule has 2 N–H and O–H groups in total. The first-order valence-electron chi connectivity index (χ1n) is 7.07. The van der Waals surface area contributed by atoms with Gasteiger partial charge in [-0.2, -0.15) is 0 Å². The lowest BCUT2D eigenvalue weighted by molar-refractivity contribution is 0.0378. The molecule has 0 bridgehead atoms. The van der Waals surface area contributed by atoms with Gasteiger partial charge in [-0.15, -0.1) is 0 Å². The molecule has 0 aliphatic heterocycles. The molecule has 23 heavy (non-hydrogen) atoms. The molecule has 2 aromatic carbocycles. The number of halogens is 1. The van der Waals surface area contributed by atoms with Crippen LogP contribution < -0.4 is 0 Å². The highest BCUT2D eigenvalue weighted by molar-refractivity contribution is 9.10. The number of phenolic OH excluding ortho intramolecular Hbond substituents is 2. The number of carbonyl (C=O) groups is 1. The number of esters is 1. The summed E-state index contributed by atoms with van der Waals surface area (Å²) in [5, 5.41) is 19.5. The van der Waals surface area contributed by atoms with Crippen LogP contribution in [0.3, 0.4) is 0 Å². The van der Waals surface area contributed by atoms with E-state index in [2.05, 4.69) is 15.9 Å². The zero-order chi connectivity index (χ0) is 17.0. The van der Waals surface area contributed by atoms with Crippen molar-refractivity contribution in [3.8, 4) is 11.5 Å². The Morgan fingerprint density at radius 1 is 1.09 bits per heavy atom. The second kappa shape index (κ2) is 7.33. The Bertz CT molecular complexity index is 733. The predicted molar refractivity (Wildman–Crippen MR) is 93.4 cm³/mol. The van der Waals surface area contributed by atoms with Gasteiger partial charge in [0.15, 0.2) is 0 Å². The van der Waals surface area contributed by atoms with Gasteiger partial charge >= 0.3 is 5.97 Å². The summed E-state index contributed by atoms with van der Waals surface area (Å²) < 4.78 is 5.55. The highest BCUT2D eigenvalue weighted by Gasteiger charge is 2.08. The summed E-state index contributed by atoms with van der Waals surface area (Å²) in [5.74, 6) is -0.247. The quantitative estimate of drug-likeness (QED) is 0.465. The minimum Gasteiger partial charge on any atom is -0.507 e. The maximum atomic E-state index is 11.8. The van der Waals surface area contributed by atoms with E-state index in [-0.39, 0.29) is 23.6 Å². The number of aromatic hydroxyl groups is 2. The van der Waals surface area contributed by atoms with Crippen LogP contribution in [0.5, 0.6) is 11.5 Å². The molecule has 0 radical (unpaired) electrons. The molecule has 0 atom stereocenters. The van der Waals surface area contributed by atoms with Gasteiger partial charge in [-0.25, -0.2) is 4.79 Å². The minimum atomic E-state index is -0.356. The van der Waals surface area contributed by atoms with E-state index < -0.39 is 0 Å². The van der Waals surface area contributed by atoms with Gasteiger partial charge in [0.05, 0.1) is 16.1 Å². The highest BCUT2D eigenvalue weighted by Crippen LogP contribution is 2.32. The Kier molecular flexibility index (Phi) is 5.45. The van der Waals surface area contributed by atoms with E-state index in [1.54, 1.807) is 50.3 Å². The second-order valence-corrected chi connectivity index (χ2v) is 6.13. The fourth-order valence-corrected chi connectivity index (χ4v) is 2.23. The van der Waals surface area contributed by atoms with Crippen molar-refractivity contribution in [1.29, 1.82) is 0 Å². The van der Waals surface area contributed by atoms with Gasteiger partial charge in [0.2, 0.25) is 0 Å². The van der Waals surface area contributed by atoms with E-state index in [0.29, 0.717) is 15.6 Å². The van der Waals surface area contributed by atoms with Gasteiger partial charge in [0, 0.05) is 5.56 Å². The number of phenols is 2. The first-order valence-corrected chi connectivity index (χ1v) is 7.86. The number of carbonyl (C=O) groups excluding carboxylic acids is 1. The molecule has 0 aromatic heterocycles. The molecule has 2 rings (SSSR count). The van der Waals surface area contributed by atoms with Crippen LogP contribution in [0.15, 0.2) is 40.9 Å². The van der Waals surface area contributed by atoms with Crippen LogP contribution >= 0.6 is 15.9 Å². The first kappa shape index (κ1) is 17.1. The maximum absolute atomic E-state index is 11.8. The lowest BCUT2D eigenvalue weighted by atomic mass is 10.1. The van der Waals surface area contributed by atoms with Crippen molar-refractivity contribution in [1.82, 2.24) is 0 Å². The van der Waals surface area contributed by atoms with Crippen LogP contribution in [0, 0.1) is 0 Å². The summed E-state index contributed by atoms with van der Waals surface area (Å²) in [7, 11) is 0. The highest BCUT2D eigenvalue weighted by atomic mass is 79.9. The van der Waals surface area contributed by atoms with E-state index in [0.717, 1.165) is 5.56 Å². The predicted octanol–water partition coefficient (Wildman–Crippen LogP) is 4.60. The molecule has 0 amide bonds. The third kappa shape index (κ3) is 4.60. The Morgan fingerprint density at radius 3 is 2.35 bits per heavy atom. The zero-order valence-corrected chi connectivity index (χ0v) is 14.4. The van der Waals surface area contributed by atoms with Crippen LogP contribution in [-0.4, -0.2) is 22.3 Å². The Hall–Kier alpha value is -2.27. The third-order valence-electron chi connectivity index (χ3n) is 3.04. The van der Waals surface area contributed by atoms with E-state index >= 15 is 0 Å². The first-order chi connectivity index (χ1) is 10.9. The molecule has 5 heteroatoms. The Balaban J connectivity index is 2.15. The molecule has 120 valence electrons. The molecule has 4 nitrogen and oxygen atoms in total. The van der Waals surface area contributed by atoms with Crippen molar-refractivity contribution in [2.75, 3.05) is 0 Å². The zero-order valence-electron chi connectivity index (χ0n) is 12.8. The molecular weight excluding hydrogens is 360 g/mol. The van der Waals surface area contributed by atoms with Gasteiger partial charge in [-0.3, -0.25) is 0 Å². The topological polar surface area (TPSA) is 66.8 Å². The average Bonchev–Trinajstić information content (AvgIpc) is 2.49. The number of benzene rings is 2. The molecule has 0 saturated carbocycles. The minimum absolute atomic E-state index is 0.0502. The summed E-state index contributed by atoms with van der Waals surface area (Å²) in [6.45, 7) is 3.60. The molecule has 0 unspecified atom stereocenters. The van der Waals surface area contributed by atoms with Crippen LogP contribution in [0.4, 0.5) is 0 Å². The van der Waals surface area contributed by atoms with Crippen molar-refractivity contribution in [2.24, 2.45) is 0 Å². The van der Waals surface area contributed by atoms with Crippen molar-refractivity contribution in [3.63, 3.8) is 0 Å². The molecule has 0 fully saturated rings. The van der Waals surface area contributed by atoms with Crippen LogP contribution in [0.25, 0.3) is 12.2 Å². The molecule has 0 heterocycles. The molecule has 2 aromatic rings. The van der Waals surface area contributed by atoms with E-state index in [1.165, 1.54) is 12.1 Å². The van der Waals surface area contributed by atoms with Gasteiger partial charge in [-0.1, -0.05) is 24.3 Å². The van der Waals surface area contributed by atoms with Gasteiger partial charge < -0.3 is 14.9 Å². The summed E-state index contributed by atoms with van der Waals surface area (Å²) in [6, 6.07) is 9.82. The number of rotatable bonds is 4. The number of hydrogen-bond donors (Lipinski definition) is 2. The van der Waals surface area contributed by atoms with Crippen molar-refractivity contribution < 1.29 is 19.7 Å². The summed E-state index contributed by atoms with van der Waals surface area (Å²) in [5.41, 5.74) is 1.84. The summed E-state index contributed by atoms with van der Waals surface area (Å²) in [4.78, 5) is 11.8. The Labute approximate surface area is 143 Å². The standard InChI is InChI=1S/C18H17BrO4/c1-11(2)23-18(22)13-6-3-12(4-7-13)5-8-14-9-17(21)15(19)10-16(14)20/h3-11,20-21H,1-2H3. The third-order valence-corrected chi connectivity index (χ3v) is 3.68. The SMILES string of the molecule is CC(C)OC(=O)c1ccc(C=Cc2cc(O)c(Br)cc2O)cc1. The fraction of sp³-hybridized carbons (Fsp3) is 0.167. The monoisotopic (exact) mass is 376 g/mol. The van der Waals surface area contributed by atoms with Gasteiger partial charge in [-0.05, 0) is 59.6 Å². The molecule has 0 aliphatic carbocycles. The Morgan fingerprint density at radius 2 is 1.74 bits per heavy atom. The van der Waals surface area contributed by atoms with E-state index in [1.807, 2.05) is 0 Å². The smallest absolute Gasteiger partial charge is 0.338 e. The average molecular weight is 377 g/mol. The van der Waals surface area contributed by atoms with Crippen molar-refractivity contribution in [3.05, 3.63) is 57.6 Å². The largest absolute Gasteiger partial charge is 0.507 e. The van der Waals surface area contributed by atoms with Crippen LogP contribution in [0.2, 0.25) is 0 Å². The van der Waals surface area contributed by atoms with Gasteiger partial charge in [0.1, 0.15) is 11.5 Å². The van der Waals surface area contributed by atoms with E-state index in [4.69, 9.17) is 4.74 Å². The van der Waals surface area contributed by atoms with Crippen molar-refractivity contribution in [2.45, 2.75) is 20.0 Å². The lowest BCUT2D eigenvalue weighted by Gasteiger charge is -2.07. The molecular formula is C18H17BrO4. The summed E-state index contributed by atoms with van der Waals surface area (Å²) >= 11 is 3.14. The van der Waals surface area contributed by atoms with Crippen LogP contribution in [-0.2, 0) is 4.74 Å². The normalized spacial score (nSPS) is 11.1. The number of hydrogen-bond acceptors (Lipinski definition) is 4. The van der Waals surface area contributed by atoms with Crippen LogP contribution in [0.1, 0.15) is 35.3 Å².